The number of aryl methyl sites for hydroxylation is 1. The first-order valence-corrected chi connectivity index (χ1v) is 15.3. The van der Waals surface area contributed by atoms with E-state index in [4.69, 9.17) is 4.42 Å². The lowest BCUT2D eigenvalue weighted by Crippen LogP contribution is -2.17. The number of para-hydroxylation sites is 1. The number of carbonyl (C=O) groups is 2. The summed E-state index contributed by atoms with van der Waals surface area (Å²) in [6.07, 6.45) is 5.55. The highest BCUT2D eigenvalue weighted by Gasteiger charge is 2.41. The minimum atomic E-state index is -1.17. The Hall–Kier alpha value is -5.20. The number of fused-ring (bicyclic) bond motifs is 2. The van der Waals surface area contributed by atoms with E-state index in [2.05, 4.69) is 33.1 Å². The van der Waals surface area contributed by atoms with E-state index in [0.29, 0.717) is 38.1 Å². The summed E-state index contributed by atoms with van der Waals surface area (Å²) in [5, 5.41) is 18.9. The summed E-state index contributed by atoms with van der Waals surface area (Å²) in [5.41, 5.74) is 4.98. The van der Waals surface area contributed by atoms with Crippen molar-refractivity contribution in [3.05, 3.63) is 107 Å². The Morgan fingerprint density at radius 3 is 2.45 bits per heavy atom. The highest BCUT2D eigenvalue weighted by Crippen LogP contribution is 2.36. The molecule has 0 spiro atoms. The van der Waals surface area contributed by atoms with E-state index in [-0.39, 0.29) is 17.1 Å². The molecule has 0 radical (unpaired) electrons. The van der Waals surface area contributed by atoms with Gasteiger partial charge in [0.05, 0.1) is 22.0 Å². The Morgan fingerprint density at radius 2 is 1.73 bits per heavy atom. The quantitative estimate of drug-likeness (QED) is 0.0684. The monoisotopic (exact) mass is 599 g/mol. The van der Waals surface area contributed by atoms with Gasteiger partial charge in [0.2, 0.25) is 10.8 Å². The van der Waals surface area contributed by atoms with Crippen LogP contribution in [0.5, 0.6) is 0 Å². The number of anilines is 2. The summed E-state index contributed by atoms with van der Waals surface area (Å²) >= 11 is 1.29. The van der Waals surface area contributed by atoms with E-state index in [1.807, 2.05) is 67.7 Å². The van der Waals surface area contributed by atoms with Gasteiger partial charge in [-0.3, -0.25) is 9.59 Å². The molecule has 1 atom stereocenters. The molecule has 1 aliphatic rings. The molecular formula is C35H29N5O3S. The highest BCUT2D eigenvalue weighted by atomic mass is 32.1. The predicted molar refractivity (Wildman–Crippen MR) is 172 cm³/mol. The zero-order valence-corrected chi connectivity index (χ0v) is 25.2. The van der Waals surface area contributed by atoms with Crippen LogP contribution < -0.4 is 4.90 Å². The fraction of sp³-hybridized carbons (Fsp3) is 0.200. The van der Waals surface area contributed by atoms with E-state index >= 15 is 0 Å². The van der Waals surface area contributed by atoms with Crippen molar-refractivity contribution < 1.29 is 14.0 Å². The third kappa shape index (κ3) is 5.85. The summed E-state index contributed by atoms with van der Waals surface area (Å²) in [4.78, 5) is 32.9. The van der Waals surface area contributed by atoms with Crippen LogP contribution in [0.1, 0.15) is 58.2 Å². The maximum atomic E-state index is 13.3. The van der Waals surface area contributed by atoms with Gasteiger partial charge in [0.25, 0.3) is 0 Å². The average molecular weight is 600 g/mol. The lowest BCUT2D eigenvalue weighted by molar-refractivity contribution is 0.0867. The van der Waals surface area contributed by atoms with Gasteiger partial charge in [0, 0.05) is 35.6 Å². The van der Waals surface area contributed by atoms with E-state index in [9.17, 15) is 14.9 Å². The second kappa shape index (κ2) is 12.6. The number of benzene rings is 3. The molecule has 218 valence electrons. The number of furan rings is 1. The van der Waals surface area contributed by atoms with Gasteiger partial charge in [-0.1, -0.05) is 61.4 Å². The Morgan fingerprint density at radius 1 is 0.977 bits per heavy atom. The SMILES string of the molecule is CCCCCc1ccc2c(c1)C(=O)C(/C(C#N)=C/c1cc3sc(N=Nc4ccc(N(C)c5ccccc5)cc4)nc3o1)C2=O. The second-order valence-corrected chi connectivity index (χ2v) is 11.6. The number of allylic oxidation sites excluding steroid dienone is 1. The van der Waals surface area contributed by atoms with Crippen LogP contribution in [0.15, 0.2) is 99.1 Å². The normalized spacial score (nSPS) is 14.8. The Kier molecular flexibility index (Phi) is 8.26. The zero-order chi connectivity index (χ0) is 30.6. The van der Waals surface area contributed by atoms with Crippen LogP contribution in [0, 0.1) is 17.2 Å². The van der Waals surface area contributed by atoms with Crippen molar-refractivity contribution in [2.45, 2.75) is 32.6 Å². The molecule has 0 saturated heterocycles. The molecule has 1 unspecified atom stereocenters. The van der Waals surface area contributed by atoms with Crippen molar-refractivity contribution >= 4 is 61.6 Å². The molecule has 0 fully saturated rings. The maximum absolute atomic E-state index is 13.3. The minimum Gasteiger partial charge on any atom is -0.437 e. The number of ketones is 2. The number of azo groups is 1. The number of hydrogen-bond donors (Lipinski definition) is 0. The van der Waals surface area contributed by atoms with Crippen LogP contribution in [-0.2, 0) is 6.42 Å². The third-order valence-electron chi connectivity index (χ3n) is 7.67. The lowest BCUT2D eigenvalue weighted by atomic mass is 9.94. The van der Waals surface area contributed by atoms with E-state index in [1.54, 1.807) is 18.2 Å². The van der Waals surface area contributed by atoms with Crippen molar-refractivity contribution in [1.82, 2.24) is 4.98 Å². The van der Waals surface area contributed by atoms with E-state index in [1.165, 1.54) is 17.4 Å². The number of carbonyl (C=O) groups excluding carboxylic acids is 2. The van der Waals surface area contributed by atoms with Crippen LogP contribution in [0.3, 0.4) is 0 Å². The van der Waals surface area contributed by atoms with E-state index in [0.717, 1.165) is 42.6 Å². The molecular weight excluding hydrogens is 570 g/mol. The Labute approximate surface area is 259 Å². The van der Waals surface area contributed by atoms with Gasteiger partial charge >= 0.3 is 0 Å². The van der Waals surface area contributed by atoms with Gasteiger partial charge in [-0.25, -0.2) is 0 Å². The van der Waals surface area contributed by atoms with Crippen LogP contribution in [0.25, 0.3) is 16.5 Å². The van der Waals surface area contributed by atoms with Crippen molar-refractivity contribution in [2.75, 3.05) is 11.9 Å². The first-order valence-electron chi connectivity index (χ1n) is 14.5. The third-order valence-corrected chi connectivity index (χ3v) is 8.54. The molecule has 6 rings (SSSR count). The number of nitriles is 1. The first kappa shape index (κ1) is 28.9. The van der Waals surface area contributed by atoms with Crippen molar-refractivity contribution in [3.63, 3.8) is 0 Å². The van der Waals surface area contributed by atoms with Gasteiger partial charge in [0.15, 0.2) is 11.6 Å². The largest absolute Gasteiger partial charge is 0.437 e. The number of thiazole rings is 1. The molecule has 0 amide bonds. The summed E-state index contributed by atoms with van der Waals surface area (Å²) < 4.78 is 6.55. The summed E-state index contributed by atoms with van der Waals surface area (Å²) in [5.74, 6) is -1.52. The van der Waals surface area contributed by atoms with Crippen LogP contribution in [0.4, 0.5) is 22.2 Å². The topological polar surface area (TPSA) is 112 Å². The number of Topliss-reactive ketones (excluding diaryl/α,β-unsaturated/α-hetero) is 2. The molecule has 3 aromatic carbocycles. The average Bonchev–Trinajstić information content (AvgIpc) is 3.69. The van der Waals surface area contributed by atoms with Gasteiger partial charge in [-0.05, 0) is 66.9 Å². The summed E-state index contributed by atoms with van der Waals surface area (Å²) in [6.45, 7) is 2.14. The fourth-order valence-corrected chi connectivity index (χ4v) is 6.05. The van der Waals surface area contributed by atoms with Crippen LogP contribution >= 0.6 is 11.3 Å². The fourth-order valence-electron chi connectivity index (χ4n) is 5.29. The number of nitrogens with zero attached hydrogens (tertiary/aromatic N) is 5. The molecule has 5 aromatic rings. The molecule has 44 heavy (non-hydrogen) atoms. The molecule has 9 heteroatoms. The maximum Gasteiger partial charge on any atom is 0.239 e. The number of aromatic nitrogens is 1. The molecule has 0 N–H and O–H groups in total. The molecule has 2 aromatic heterocycles. The van der Waals surface area contributed by atoms with Gasteiger partial charge in [-0.15, -0.1) is 10.2 Å². The van der Waals surface area contributed by atoms with Crippen molar-refractivity contribution in [2.24, 2.45) is 16.1 Å². The minimum absolute atomic E-state index is 0.0476. The Balaban J connectivity index is 1.15. The zero-order valence-electron chi connectivity index (χ0n) is 24.4. The van der Waals surface area contributed by atoms with Crippen LogP contribution in [-0.4, -0.2) is 23.6 Å². The van der Waals surface area contributed by atoms with Crippen molar-refractivity contribution in [1.29, 1.82) is 5.26 Å². The van der Waals surface area contributed by atoms with Crippen LogP contribution in [0.2, 0.25) is 0 Å². The molecule has 8 nitrogen and oxygen atoms in total. The summed E-state index contributed by atoms with van der Waals surface area (Å²) in [6, 6.07) is 27.0. The van der Waals surface area contributed by atoms with Gasteiger partial charge in [0.1, 0.15) is 11.7 Å². The lowest BCUT2D eigenvalue weighted by Gasteiger charge is -2.19. The smallest absolute Gasteiger partial charge is 0.239 e. The standard InChI is InChI=1S/C35H29N5O3S/c1-3-4-6-9-22-12-17-28-29(18-22)33(42)31(32(28)41)23(21-36)19-27-20-30-34(43-27)37-35(44-30)39-38-24-13-15-26(16-14-24)40(2)25-10-7-5-8-11-25/h5,7-8,10-20,31H,3-4,6,9H2,1-2H3/b23-19+,39-38?. The molecule has 0 aliphatic heterocycles. The van der Waals surface area contributed by atoms with Gasteiger partial charge in [-0.2, -0.15) is 10.2 Å². The summed E-state index contributed by atoms with van der Waals surface area (Å²) in [7, 11) is 2.01. The molecule has 0 bridgehead atoms. The molecule has 2 heterocycles. The van der Waals surface area contributed by atoms with Crippen molar-refractivity contribution in [3.8, 4) is 6.07 Å². The second-order valence-electron chi connectivity index (χ2n) is 10.6. The Bertz CT molecular complexity index is 1920. The first-order chi connectivity index (χ1) is 21.4. The number of unbranched alkanes of at least 4 members (excludes halogenated alkanes) is 2. The number of rotatable bonds is 10. The molecule has 1 aliphatic carbocycles. The van der Waals surface area contributed by atoms with Gasteiger partial charge < -0.3 is 9.32 Å². The highest BCUT2D eigenvalue weighted by molar-refractivity contribution is 7.21. The number of hydrogen-bond acceptors (Lipinski definition) is 9. The predicted octanol–water partition coefficient (Wildman–Crippen LogP) is 9.41. The van der Waals surface area contributed by atoms with E-state index < -0.39 is 5.92 Å². The molecule has 0 saturated carbocycles.